The summed E-state index contributed by atoms with van der Waals surface area (Å²) in [6.07, 6.45) is 7.91. The molecule has 0 bridgehead atoms. The number of pyridine rings is 1. The number of aromatic nitrogens is 2. The van der Waals surface area contributed by atoms with Crippen molar-refractivity contribution in [2.45, 2.75) is 0 Å². The van der Waals surface area contributed by atoms with E-state index in [1.165, 1.54) is 0 Å². The maximum atomic E-state index is 4.22. The maximum absolute atomic E-state index is 4.22. The van der Waals surface area contributed by atoms with Gasteiger partial charge >= 0.3 is 0 Å². The van der Waals surface area contributed by atoms with Crippen molar-refractivity contribution in [3.8, 4) is 11.3 Å². The van der Waals surface area contributed by atoms with E-state index in [4.69, 9.17) is 0 Å². The van der Waals surface area contributed by atoms with Crippen LogP contribution in [0.4, 0.5) is 5.82 Å². The Morgan fingerprint density at radius 2 is 1.80 bits per heavy atom. The van der Waals surface area contributed by atoms with Crippen LogP contribution < -0.4 is 4.90 Å². The first-order valence-electron chi connectivity index (χ1n) is 7.80. The molecule has 3 heterocycles. The van der Waals surface area contributed by atoms with Crippen molar-refractivity contribution < 1.29 is 20.1 Å². The Bertz CT molecular complexity index is 746. The number of aryl methyl sites for hydroxylation is 1. The normalized spacial score (nSPS) is 12.4. The summed E-state index contributed by atoms with van der Waals surface area (Å²) in [6.45, 7) is 0.911. The van der Waals surface area contributed by atoms with Gasteiger partial charge in [-0.1, -0.05) is 12.1 Å². The van der Waals surface area contributed by atoms with Crippen LogP contribution in [0.5, 0.6) is 0 Å². The standard InChI is InChI=1S/C11H8N.C9H12N3.Ir/c1-2-6-10(7-3-1)11-8-4-5-9-12-11;1-10-6-7-12(8-10)9-4-3-5-11(9)2;/h1-6,8-9H;3,5-7H,8H2,1-2H3;/q2*-1;. The van der Waals surface area contributed by atoms with Crippen LogP contribution in [0.3, 0.4) is 0 Å². The van der Waals surface area contributed by atoms with Gasteiger partial charge in [0, 0.05) is 51.6 Å². The molecule has 4 rings (SSSR count). The Hall–Kier alpha value is -2.36. The molecule has 0 spiro atoms. The van der Waals surface area contributed by atoms with E-state index in [0.29, 0.717) is 0 Å². The smallest absolute Gasteiger partial charge is 0.0936 e. The summed E-state index contributed by atoms with van der Waals surface area (Å²) in [5.74, 6) is 1.11. The molecule has 4 nitrogen and oxygen atoms in total. The van der Waals surface area contributed by atoms with Crippen LogP contribution in [0.2, 0.25) is 0 Å². The molecule has 131 valence electrons. The fraction of sp³-hybridized carbons (Fsp3) is 0.150. The maximum Gasteiger partial charge on any atom is 0.0936 e. The Kier molecular flexibility index (Phi) is 6.99. The van der Waals surface area contributed by atoms with Gasteiger partial charge in [-0.3, -0.25) is 0 Å². The molecule has 3 aromatic rings. The fourth-order valence-electron chi connectivity index (χ4n) is 2.42. The van der Waals surface area contributed by atoms with Gasteiger partial charge in [0.25, 0.3) is 0 Å². The molecule has 1 aliphatic heterocycles. The van der Waals surface area contributed by atoms with Crippen LogP contribution in [-0.2, 0) is 27.2 Å². The van der Waals surface area contributed by atoms with Crippen molar-refractivity contribution in [2.75, 3.05) is 18.6 Å². The number of nitrogens with zero attached hydrogens (tertiary/aromatic N) is 4. The summed E-state index contributed by atoms with van der Waals surface area (Å²) in [6, 6.07) is 21.9. The average Bonchev–Trinajstić information content (AvgIpc) is 3.25. The first-order chi connectivity index (χ1) is 11.7. The number of rotatable bonds is 2. The van der Waals surface area contributed by atoms with Crippen molar-refractivity contribution in [2.24, 2.45) is 7.05 Å². The van der Waals surface area contributed by atoms with Crippen LogP contribution in [0, 0.1) is 12.1 Å². The molecule has 1 aliphatic rings. The van der Waals surface area contributed by atoms with E-state index < -0.39 is 0 Å². The minimum absolute atomic E-state index is 0. The van der Waals surface area contributed by atoms with Crippen molar-refractivity contribution in [3.05, 3.63) is 85.5 Å². The van der Waals surface area contributed by atoms with Crippen molar-refractivity contribution in [3.63, 3.8) is 0 Å². The van der Waals surface area contributed by atoms with Gasteiger partial charge in [0.1, 0.15) is 0 Å². The van der Waals surface area contributed by atoms with E-state index >= 15 is 0 Å². The second-order valence-electron chi connectivity index (χ2n) is 5.55. The first kappa shape index (κ1) is 19.0. The molecule has 1 aromatic carbocycles. The van der Waals surface area contributed by atoms with E-state index in [-0.39, 0.29) is 20.1 Å². The molecule has 0 atom stereocenters. The number of benzene rings is 1. The summed E-state index contributed by atoms with van der Waals surface area (Å²) in [4.78, 5) is 8.50. The zero-order valence-electron chi connectivity index (χ0n) is 14.3. The molecule has 25 heavy (non-hydrogen) atoms. The van der Waals surface area contributed by atoms with Crippen molar-refractivity contribution in [1.82, 2.24) is 14.5 Å². The molecule has 0 N–H and O–H groups in total. The van der Waals surface area contributed by atoms with E-state index in [2.05, 4.69) is 50.9 Å². The Morgan fingerprint density at radius 3 is 2.36 bits per heavy atom. The molecular weight excluding hydrogens is 488 g/mol. The number of hydrogen-bond acceptors (Lipinski definition) is 3. The molecule has 0 saturated carbocycles. The predicted octanol–water partition coefficient (Wildman–Crippen LogP) is 3.55. The third-order valence-electron chi connectivity index (χ3n) is 3.64. The quantitative estimate of drug-likeness (QED) is 0.495. The number of hydrogen-bond donors (Lipinski definition) is 0. The molecule has 0 unspecified atom stereocenters. The molecule has 0 fully saturated rings. The van der Waals surface area contributed by atoms with Gasteiger partial charge in [-0.2, -0.15) is 0 Å². The summed E-state index contributed by atoms with van der Waals surface area (Å²) in [5, 5.41) is 0. The van der Waals surface area contributed by atoms with E-state index in [1.807, 2.05) is 61.8 Å². The Balaban J connectivity index is 0.000000173. The van der Waals surface area contributed by atoms with E-state index in [9.17, 15) is 0 Å². The van der Waals surface area contributed by atoms with Crippen LogP contribution in [0.15, 0.2) is 73.3 Å². The molecule has 2 aromatic heterocycles. The fourth-order valence-corrected chi connectivity index (χ4v) is 2.42. The predicted molar refractivity (Wildman–Crippen MR) is 97.0 cm³/mol. The topological polar surface area (TPSA) is 24.3 Å². The van der Waals surface area contributed by atoms with Crippen LogP contribution in [0.1, 0.15) is 0 Å². The molecule has 0 aliphatic carbocycles. The number of anilines is 1. The zero-order chi connectivity index (χ0) is 16.8. The molecular formula is C20H20IrN4-2. The largest absolute Gasteiger partial charge is 0.432 e. The minimum Gasteiger partial charge on any atom is -0.432 e. The second kappa shape index (κ2) is 9.21. The van der Waals surface area contributed by atoms with Gasteiger partial charge < -0.3 is 19.4 Å². The molecule has 0 amide bonds. The second-order valence-corrected chi connectivity index (χ2v) is 5.55. The molecule has 5 heteroatoms. The molecule has 0 saturated heterocycles. The monoisotopic (exact) mass is 509 g/mol. The average molecular weight is 509 g/mol. The van der Waals surface area contributed by atoms with Gasteiger partial charge in [-0.05, 0) is 18.8 Å². The third-order valence-corrected chi connectivity index (χ3v) is 3.64. The Morgan fingerprint density at radius 1 is 0.960 bits per heavy atom. The summed E-state index contributed by atoms with van der Waals surface area (Å²) in [7, 11) is 4.08. The van der Waals surface area contributed by atoms with Crippen LogP contribution >= 0.6 is 0 Å². The van der Waals surface area contributed by atoms with Crippen LogP contribution in [-0.4, -0.2) is 28.2 Å². The zero-order valence-corrected chi connectivity index (χ0v) is 16.7. The van der Waals surface area contributed by atoms with Gasteiger partial charge in [0.05, 0.1) is 6.67 Å². The van der Waals surface area contributed by atoms with Crippen molar-refractivity contribution >= 4 is 5.82 Å². The SMILES string of the molecule is CN1C=CN(c2[c-]ccn2C)C1.[Ir].[c-]1ccccc1-c1ccccn1. The van der Waals surface area contributed by atoms with Gasteiger partial charge in [-0.15, -0.1) is 42.1 Å². The van der Waals surface area contributed by atoms with Gasteiger partial charge in [0.15, 0.2) is 0 Å². The van der Waals surface area contributed by atoms with Crippen LogP contribution in [0.25, 0.3) is 11.3 Å². The van der Waals surface area contributed by atoms with Gasteiger partial charge in [0.2, 0.25) is 0 Å². The summed E-state index contributed by atoms with van der Waals surface area (Å²) < 4.78 is 2.06. The minimum atomic E-state index is 0. The van der Waals surface area contributed by atoms with Gasteiger partial charge in [-0.25, -0.2) is 12.1 Å². The Labute approximate surface area is 162 Å². The van der Waals surface area contributed by atoms with Crippen molar-refractivity contribution in [1.29, 1.82) is 0 Å². The first-order valence-corrected chi connectivity index (χ1v) is 7.80. The molecule has 1 radical (unpaired) electrons. The van der Waals surface area contributed by atoms with E-state index in [1.54, 1.807) is 6.20 Å². The summed E-state index contributed by atoms with van der Waals surface area (Å²) >= 11 is 0. The summed E-state index contributed by atoms with van der Waals surface area (Å²) in [5.41, 5.74) is 2.01. The third kappa shape index (κ3) is 5.05. The van der Waals surface area contributed by atoms with E-state index in [0.717, 1.165) is 23.7 Å².